The highest BCUT2D eigenvalue weighted by molar-refractivity contribution is 6.27. The van der Waals surface area contributed by atoms with Gasteiger partial charge in [-0.25, -0.2) is 0 Å². The Morgan fingerprint density at radius 2 is 2.15 bits per heavy atom. The monoisotopic (exact) mass is 358 g/mol. The van der Waals surface area contributed by atoms with Crippen molar-refractivity contribution < 1.29 is 14.3 Å². The summed E-state index contributed by atoms with van der Waals surface area (Å²) in [5, 5.41) is 0. The highest BCUT2D eigenvalue weighted by atomic mass is 16.5. The summed E-state index contributed by atoms with van der Waals surface area (Å²) in [7, 11) is 1.72. The van der Waals surface area contributed by atoms with Crippen LogP contribution in [0.15, 0.2) is 23.3 Å². The molecule has 0 spiro atoms. The number of methoxy groups -OCH3 is 1. The van der Waals surface area contributed by atoms with Gasteiger partial charge in [0.2, 0.25) is 5.78 Å². The first-order valence-electron chi connectivity index (χ1n) is 9.86. The number of carbonyl (C=O) groups is 1. The Labute approximate surface area is 158 Å². The molecule has 4 nitrogen and oxygen atoms in total. The van der Waals surface area contributed by atoms with Crippen molar-refractivity contribution in [2.45, 2.75) is 66.2 Å². The van der Waals surface area contributed by atoms with Crippen LogP contribution >= 0.6 is 0 Å². The molecular weight excluding hydrogens is 324 g/mol. The third kappa shape index (κ3) is 3.92. The maximum atomic E-state index is 12.7. The standard InChI is InChI=1S/C22H34N2O2/c1-16(11-14-26-5)10-13-21(3)17(2)8-9-19-18(21)7-6-12-22(19,4)20(25)15-24-23/h7,11,15,17,19H,6,8-10,12-14H2,1-5H3/b16-11+/t17-,19+,21+,22+/m1/s1. The van der Waals surface area contributed by atoms with Crippen LogP contribution in [-0.4, -0.2) is 30.5 Å². The Morgan fingerprint density at radius 1 is 1.42 bits per heavy atom. The Bertz CT molecular complexity index is 645. The lowest BCUT2D eigenvalue weighted by atomic mass is 9.51. The van der Waals surface area contributed by atoms with E-state index in [1.54, 1.807) is 7.11 Å². The van der Waals surface area contributed by atoms with Gasteiger partial charge in [0.25, 0.3) is 0 Å². The van der Waals surface area contributed by atoms with E-state index in [9.17, 15) is 4.79 Å². The highest BCUT2D eigenvalue weighted by Crippen LogP contribution is 2.58. The SMILES string of the molecule is COC/C=C(\C)CC[C@]1(C)C2=CCC[C@](C)(C(=O)C=[N+]=[N-])[C@H]2CC[C@H]1C. The van der Waals surface area contributed by atoms with Crippen molar-refractivity contribution in [3.8, 4) is 0 Å². The largest absolute Gasteiger partial charge is 0.381 e. The van der Waals surface area contributed by atoms with Gasteiger partial charge in [-0.1, -0.05) is 44.1 Å². The van der Waals surface area contributed by atoms with Gasteiger partial charge in [0.1, 0.15) is 0 Å². The first-order valence-corrected chi connectivity index (χ1v) is 9.86. The zero-order valence-electron chi connectivity index (χ0n) is 17.0. The Hall–Kier alpha value is -1.51. The lowest BCUT2D eigenvalue weighted by Crippen LogP contribution is -2.47. The van der Waals surface area contributed by atoms with Crippen molar-refractivity contribution in [2.75, 3.05) is 13.7 Å². The summed E-state index contributed by atoms with van der Waals surface area (Å²) in [5.74, 6) is 0.819. The average Bonchev–Trinajstić information content (AvgIpc) is 2.62. The van der Waals surface area contributed by atoms with E-state index in [-0.39, 0.29) is 17.1 Å². The van der Waals surface area contributed by atoms with Crippen LogP contribution in [0.25, 0.3) is 5.53 Å². The fraction of sp³-hybridized carbons (Fsp3) is 0.727. The van der Waals surface area contributed by atoms with Crippen molar-refractivity contribution >= 4 is 12.0 Å². The number of hydrogen-bond acceptors (Lipinski definition) is 2. The summed E-state index contributed by atoms with van der Waals surface area (Å²) in [6.07, 6.45) is 11.8. The van der Waals surface area contributed by atoms with Crippen LogP contribution in [-0.2, 0) is 9.53 Å². The molecule has 2 rings (SSSR count). The normalized spacial score (nSPS) is 34.5. The molecule has 0 saturated heterocycles. The Kier molecular flexibility index (Phi) is 6.76. The van der Waals surface area contributed by atoms with Gasteiger partial charge in [-0.3, -0.25) is 4.79 Å². The van der Waals surface area contributed by atoms with E-state index in [1.807, 2.05) is 0 Å². The second kappa shape index (κ2) is 8.45. The fourth-order valence-electron chi connectivity index (χ4n) is 4.98. The summed E-state index contributed by atoms with van der Waals surface area (Å²) in [6, 6.07) is 0. The summed E-state index contributed by atoms with van der Waals surface area (Å²) < 4.78 is 5.16. The summed E-state index contributed by atoms with van der Waals surface area (Å²) in [4.78, 5) is 15.7. The molecule has 4 atom stereocenters. The molecule has 1 saturated carbocycles. The van der Waals surface area contributed by atoms with Gasteiger partial charge in [-0.15, -0.1) is 0 Å². The molecule has 2 aliphatic rings. The molecule has 0 aromatic rings. The number of carbonyl (C=O) groups excluding carboxylic acids is 1. The molecular formula is C22H34N2O2. The Balaban J connectivity index is 2.29. The van der Waals surface area contributed by atoms with Gasteiger partial charge in [0, 0.05) is 12.5 Å². The lowest BCUT2D eigenvalue weighted by Gasteiger charge is -2.53. The first-order chi connectivity index (χ1) is 12.3. The lowest BCUT2D eigenvalue weighted by molar-refractivity contribution is -0.128. The number of allylic oxidation sites excluding steroid dienone is 3. The quantitative estimate of drug-likeness (QED) is 0.278. The molecule has 4 heteroatoms. The third-order valence-electron chi connectivity index (χ3n) is 7.18. The van der Waals surface area contributed by atoms with Gasteiger partial charge in [-0.2, -0.15) is 4.79 Å². The maximum absolute atomic E-state index is 12.7. The molecule has 1 fully saturated rings. The second-order valence-corrected chi connectivity index (χ2v) is 8.68. The zero-order valence-corrected chi connectivity index (χ0v) is 17.0. The number of ketones is 1. The molecule has 144 valence electrons. The van der Waals surface area contributed by atoms with E-state index >= 15 is 0 Å². The number of Topliss-reactive ketones (excluding diaryl/α,β-unsaturated/α-hetero) is 1. The van der Waals surface area contributed by atoms with Crippen LogP contribution in [0.4, 0.5) is 0 Å². The topological polar surface area (TPSA) is 62.7 Å². The van der Waals surface area contributed by atoms with Crippen LogP contribution < -0.4 is 0 Å². The second-order valence-electron chi connectivity index (χ2n) is 8.68. The van der Waals surface area contributed by atoms with Gasteiger partial charge in [0.05, 0.1) is 6.61 Å². The van der Waals surface area contributed by atoms with E-state index in [4.69, 9.17) is 10.3 Å². The molecule has 26 heavy (non-hydrogen) atoms. The molecule has 2 aliphatic carbocycles. The molecule has 0 N–H and O–H groups in total. The van der Waals surface area contributed by atoms with Crippen LogP contribution in [0, 0.1) is 22.7 Å². The Morgan fingerprint density at radius 3 is 2.81 bits per heavy atom. The smallest absolute Gasteiger partial charge is 0.323 e. The van der Waals surface area contributed by atoms with E-state index in [0.717, 1.165) is 44.7 Å². The number of rotatable bonds is 7. The van der Waals surface area contributed by atoms with Crippen LogP contribution in [0.5, 0.6) is 0 Å². The predicted molar refractivity (Wildman–Crippen MR) is 105 cm³/mol. The van der Waals surface area contributed by atoms with Crippen molar-refractivity contribution in [2.24, 2.45) is 22.7 Å². The predicted octanol–water partition coefficient (Wildman–Crippen LogP) is 5.01. The van der Waals surface area contributed by atoms with Crippen molar-refractivity contribution in [3.63, 3.8) is 0 Å². The van der Waals surface area contributed by atoms with E-state index in [1.165, 1.54) is 11.1 Å². The van der Waals surface area contributed by atoms with Gasteiger partial charge >= 0.3 is 6.21 Å². The average molecular weight is 359 g/mol. The van der Waals surface area contributed by atoms with E-state index in [2.05, 4.69) is 44.6 Å². The van der Waals surface area contributed by atoms with Crippen molar-refractivity contribution in [3.05, 3.63) is 28.8 Å². The van der Waals surface area contributed by atoms with E-state index < -0.39 is 5.41 Å². The molecule has 0 aromatic heterocycles. The minimum atomic E-state index is -0.446. The van der Waals surface area contributed by atoms with Crippen LogP contribution in [0.1, 0.15) is 66.2 Å². The molecule has 0 amide bonds. The highest BCUT2D eigenvalue weighted by Gasteiger charge is 2.52. The number of nitrogens with zero attached hydrogens (tertiary/aromatic N) is 2. The summed E-state index contributed by atoms with van der Waals surface area (Å²) in [5.41, 5.74) is 11.4. The number of fused-ring (bicyclic) bond motifs is 1. The zero-order chi connectivity index (χ0) is 19.4. The summed E-state index contributed by atoms with van der Waals surface area (Å²) in [6.45, 7) is 9.64. The molecule has 0 unspecified atom stereocenters. The van der Waals surface area contributed by atoms with Crippen LogP contribution in [0.2, 0.25) is 0 Å². The fourth-order valence-corrected chi connectivity index (χ4v) is 4.98. The van der Waals surface area contributed by atoms with Gasteiger partial charge in [-0.05, 0) is 62.7 Å². The minimum absolute atomic E-state index is 0.0383. The molecule has 0 aromatic carbocycles. The molecule has 0 bridgehead atoms. The summed E-state index contributed by atoms with van der Waals surface area (Å²) >= 11 is 0. The van der Waals surface area contributed by atoms with Crippen molar-refractivity contribution in [1.82, 2.24) is 0 Å². The van der Waals surface area contributed by atoms with Crippen LogP contribution in [0.3, 0.4) is 0 Å². The number of ether oxygens (including phenoxy) is 1. The van der Waals surface area contributed by atoms with Crippen molar-refractivity contribution in [1.29, 1.82) is 0 Å². The molecule has 0 heterocycles. The maximum Gasteiger partial charge on any atom is 0.323 e. The van der Waals surface area contributed by atoms with Gasteiger partial charge < -0.3 is 10.3 Å². The third-order valence-corrected chi connectivity index (χ3v) is 7.18. The molecule has 0 aliphatic heterocycles. The number of hydrogen-bond donors (Lipinski definition) is 0. The van der Waals surface area contributed by atoms with E-state index in [0.29, 0.717) is 12.5 Å². The van der Waals surface area contributed by atoms with Gasteiger partial charge in [0.15, 0.2) is 0 Å². The first kappa shape index (κ1) is 20.8. The minimum Gasteiger partial charge on any atom is -0.381 e. The molecule has 0 radical (unpaired) electrons.